The van der Waals surface area contributed by atoms with Crippen LogP contribution in [0.2, 0.25) is 0 Å². The number of rotatable bonds is 0. The van der Waals surface area contributed by atoms with Gasteiger partial charge in [0.2, 0.25) is 0 Å². The molecule has 1 aliphatic rings. The minimum Gasteiger partial charge on any atom is -0.0890 e. The zero-order valence-electron chi connectivity index (χ0n) is 5.24. The lowest BCUT2D eigenvalue weighted by molar-refractivity contribution is 0.582. The van der Waals surface area contributed by atoms with E-state index in [1.165, 1.54) is 12.8 Å². The van der Waals surface area contributed by atoms with E-state index in [-0.39, 0.29) is 0 Å². The second-order valence-electron chi connectivity index (χ2n) is 2.55. The lowest BCUT2D eigenvalue weighted by Gasteiger charge is -2.30. The van der Waals surface area contributed by atoms with Crippen molar-refractivity contribution in [3.05, 3.63) is 0 Å². The van der Waals surface area contributed by atoms with Gasteiger partial charge in [-0.1, -0.05) is 70.4 Å². The van der Waals surface area contributed by atoms with Crippen molar-refractivity contribution in [2.75, 3.05) is 0 Å². The molecule has 1 saturated carbocycles. The summed E-state index contributed by atoms with van der Waals surface area (Å²) >= 11 is 13.5. The lowest BCUT2D eigenvalue weighted by atomic mass is 10.0. The molecule has 0 aromatic rings. The average molecular weight is 447 g/mol. The van der Waals surface area contributed by atoms with Gasteiger partial charge >= 0.3 is 0 Å². The Kier molecular flexibility index (Phi) is 4.53. The molecule has 0 heterocycles. The predicted octanol–water partition coefficient (Wildman–Crippen LogP) is 3.87. The molecule has 0 aromatic carbocycles. The zero-order valence-corrected chi connectivity index (χ0v) is 12.2. The van der Waals surface area contributed by atoms with Crippen LogP contribution in [0.5, 0.6) is 0 Å². The van der Waals surface area contributed by atoms with Crippen molar-refractivity contribution in [3.63, 3.8) is 0 Å². The third-order valence-electron chi connectivity index (χ3n) is 1.65. The molecule has 0 N–H and O–H groups in total. The maximum Gasteiger partial charge on any atom is 0.0361 e. The van der Waals surface area contributed by atoms with Crippen molar-refractivity contribution in [1.29, 1.82) is 0 Å². The summed E-state index contributed by atoms with van der Waals surface area (Å²) in [6.45, 7) is 0. The van der Waals surface area contributed by atoms with Gasteiger partial charge < -0.3 is 0 Å². The molecule has 0 bridgehead atoms. The highest BCUT2D eigenvalue weighted by Gasteiger charge is 2.32. The Labute approximate surface area is 100 Å². The van der Waals surface area contributed by atoms with E-state index in [1.807, 2.05) is 0 Å². The topological polar surface area (TPSA) is 0 Å². The van der Waals surface area contributed by atoms with E-state index in [4.69, 9.17) is 0 Å². The van der Waals surface area contributed by atoms with Crippen LogP contribution < -0.4 is 0 Å². The normalized spacial score (nSPS) is 49.2. The van der Waals surface area contributed by atoms with Crippen LogP contribution in [-0.2, 0) is 0 Å². The summed E-state index contributed by atoms with van der Waals surface area (Å²) in [6, 6.07) is 0. The summed E-state index contributed by atoms with van der Waals surface area (Å²) in [6.07, 6.45) is 2.49. The molecule has 2 unspecified atom stereocenters. The van der Waals surface area contributed by atoms with E-state index in [9.17, 15) is 0 Å². The van der Waals surface area contributed by atoms with Gasteiger partial charge in [0.1, 0.15) is 0 Å². The van der Waals surface area contributed by atoms with Gasteiger partial charge in [-0.2, -0.15) is 0 Å². The average Bonchev–Trinajstić information content (AvgIpc) is 1.82. The Hall–Kier alpha value is 2.17. The highest BCUT2D eigenvalue weighted by Crippen LogP contribution is 2.37. The molecule has 10 heavy (non-hydrogen) atoms. The Morgan fingerprint density at radius 1 is 1.00 bits per heavy atom. The number of hydrogen-bond donors (Lipinski definition) is 0. The molecule has 1 aliphatic carbocycles. The van der Waals surface area contributed by atoms with Crippen molar-refractivity contribution < 1.29 is 0 Å². The second-order valence-corrected chi connectivity index (χ2v) is 7.63. The fraction of sp³-hybridized carbons (Fsp3) is 1.00. The number of halogens is 4. The van der Waals surface area contributed by atoms with E-state index in [0.29, 0.717) is 14.5 Å². The van der Waals surface area contributed by atoms with Crippen LogP contribution in [0.25, 0.3) is 0 Å². The molecular formula is C6H8Br3I. The molecule has 1 rings (SSSR count). The Morgan fingerprint density at radius 3 is 1.80 bits per heavy atom. The molecule has 60 valence electrons. The molecule has 0 nitrogen and oxygen atoms in total. The van der Waals surface area contributed by atoms with Gasteiger partial charge in [-0.25, -0.2) is 0 Å². The van der Waals surface area contributed by atoms with Gasteiger partial charge in [-0.3, -0.25) is 0 Å². The maximum atomic E-state index is 3.67. The molecule has 0 aliphatic heterocycles. The van der Waals surface area contributed by atoms with Gasteiger partial charge in [-0.05, 0) is 12.8 Å². The summed E-state index contributed by atoms with van der Waals surface area (Å²) in [4.78, 5) is 2.01. The molecule has 0 saturated heterocycles. The Bertz CT molecular complexity index is 108. The molecule has 0 amide bonds. The fourth-order valence-corrected chi connectivity index (χ4v) is 5.52. The van der Waals surface area contributed by atoms with Gasteiger partial charge in [0.15, 0.2) is 0 Å². The third-order valence-corrected chi connectivity index (χ3v) is 8.00. The third kappa shape index (κ3) is 2.59. The number of alkyl halides is 4. The van der Waals surface area contributed by atoms with E-state index < -0.39 is 0 Å². The molecule has 1 fully saturated rings. The molecule has 0 aromatic heterocycles. The van der Waals surface area contributed by atoms with E-state index in [1.54, 1.807) is 0 Å². The summed E-state index contributed by atoms with van der Waals surface area (Å²) in [5, 5.41) is 0. The Balaban J connectivity index is 2.49. The molecule has 2 atom stereocenters. The van der Waals surface area contributed by atoms with E-state index in [0.717, 1.165) is 3.92 Å². The Morgan fingerprint density at radius 2 is 1.40 bits per heavy atom. The largest absolute Gasteiger partial charge is 0.0890 e. The van der Waals surface area contributed by atoms with Crippen LogP contribution in [-0.4, -0.2) is 18.4 Å². The van der Waals surface area contributed by atoms with Crippen LogP contribution in [0.4, 0.5) is 0 Å². The van der Waals surface area contributed by atoms with Gasteiger partial charge in [0, 0.05) is 18.4 Å². The minimum absolute atomic E-state index is 0.663. The van der Waals surface area contributed by atoms with E-state index >= 15 is 0 Å². The summed E-state index contributed by atoms with van der Waals surface area (Å²) < 4.78 is 0.728. The van der Waals surface area contributed by atoms with E-state index in [2.05, 4.69) is 70.4 Å². The van der Waals surface area contributed by atoms with Crippen LogP contribution in [0, 0.1) is 0 Å². The van der Waals surface area contributed by atoms with Crippen LogP contribution in [0.3, 0.4) is 0 Å². The summed E-state index contributed by atoms with van der Waals surface area (Å²) in [5.41, 5.74) is 0. The SMILES string of the molecule is BrC1CC(Br)C(I)C(Br)C1. The minimum atomic E-state index is 0.663. The second kappa shape index (κ2) is 4.42. The first-order chi connectivity index (χ1) is 4.61. The smallest absolute Gasteiger partial charge is 0.0361 e. The molecular weight excluding hydrogens is 439 g/mol. The molecule has 0 radical (unpaired) electrons. The van der Waals surface area contributed by atoms with Gasteiger partial charge in [-0.15, -0.1) is 0 Å². The van der Waals surface area contributed by atoms with Gasteiger partial charge in [0.25, 0.3) is 0 Å². The first-order valence-corrected chi connectivity index (χ1v) is 7.17. The maximum absolute atomic E-state index is 3.67. The predicted molar refractivity (Wildman–Crippen MR) is 65.2 cm³/mol. The lowest BCUT2D eigenvalue weighted by Crippen LogP contribution is -2.34. The fourth-order valence-electron chi connectivity index (χ4n) is 1.07. The first kappa shape index (κ1) is 10.3. The molecule has 4 heteroatoms. The molecule has 0 spiro atoms. The highest BCUT2D eigenvalue weighted by atomic mass is 127. The van der Waals surface area contributed by atoms with Crippen molar-refractivity contribution in [2.24, 2.45) is 0 Å². The highest BCUT2D eigenvalue weighted by molar-refractivity contribution is 14.1. The summed E-state index contributed by atoms with van der Waals surface area (Å²) in [5.74, 6) is 0. The van der Waals surface area contributed by atoms with Crippen molar-refractivity contribution in [2.45, 2.75) is 31.2 Å². The standard InChI is InChI=1S/C6H8Br3I/c7-3-1-4(8)6(10)5(9)2-3/h3-6H,1-2H2. The van der Waals surface area contributed by atoms with Crippen LogP contribution in [0.15, 0.2) is 0 Å². The quantitative estimate of drug-likeness (QED) is 0.391. The summed E-state index contributed by atoms with van der Waals surface area (Å²) in [7, 11) is 0. The first-order valence-electron chi connectivity index (χ1n) is 3.17. The zero-order chi connectivity index (χ0) is 7.72. The van der Waals surface area contributed by atoms with Crippen molar-refractivity contribution in [3.8, 4) is 0 Å². The van der Waals surface area contributed by atoms with Crippen LogP contribution in [0.1, 0.15) is 12.8 Å². The van der Waals surface area contributed by atoms with Gasteiger partial charge in [0.05, 0.1) is 0 Å². The van der Waals surface area contributed by atoms with Crippen LogP contribution >= 0.6 is 70.4 Å². The number of hydrogen-bond acceptors (Lipinski definition) is 0. The van der Waals surface area contributed by atoms with Crippen molar-refractivity contribution >= 4 is 70.4 Å². The monoisotopic (exact) mass is 444 g/mol. The van der Waals surface area contributed by atoms with Crippen molar-refractivity contribution in [1.82, 2.24) is 0 Å².